The zero-order valence-electron chi connectivity index (χ0n) is 12.6. The van der Waals surface area contributed by atoms with Crippen LogP contribution in [-0.4, -0.2) is 42.1 Å². The number of carbonyl (C=O) groups is 1. The van der Waals surface area contributed by atoms with E-state index in [0.29, 0.717) is 32.5 Å². The van der Waals surface area contributed by atoms with Gasteiger partial charge in [-0.1, -0.05) is 30.3 Å². The van der Waals surface area contributed by atoms with Crippen LogP contribution >= 0.6 is 0 Å². The highest BCUT2D eigenvalue weighted by Gasteiger charge is 2.38. The highest BCUT2D eigenvalue weighted by molar-refractivity contribution is 5.76. The fraction of sp³-hybridized carbons (Fsp3) is 0.471. The molecule has 21 heavy (non-hydrogen) atoms. The normalized spacial score (nSPS) is 22.2. The van der Waals surface area contributed by atoms with E-state index in [1.165, 1.54) is 0 Å². The molecule has 0 spiro atoms. The van der Waals surface area contributed by atoms with E-state index < -0.39 is 5.60 Å². The largest absolute Gasteiger partial charge is 0.384 e. The van der Waals surface area contributed by atoms with Gasteiger partial charge in [-0.3, -0.25) is 9.69 Å². The van der Waals surface area contributed by atoms with Crippen LogP contribution in [0.15, 0.2) is 36.9 Å². The number of benzene rings is 1. The molecule has 1 fully saturated rings. The van der Waals surface area contributed by atoms with Crippen molar-refractivity contribution in [2.45, 2.75) is 25.4 Å². The quantitative estimate of drug-likeness (QED) is 0.782. The number of likely N-dealkylation sites (tertiary alicyclic amines) is 1. The van der Waals surface area contributed by atoms with E-state index in [9.17, 15) is 9.90 Å². The molecule has 0 bridgehead atoms. The van der Waals surface area contributed by atoms with Crippen molar-refractivity contribution in [1.29, 1.82) is 0 Å². The van der Waals surface area contributed by atoms with Gasteiger partial charge in [-0.25, -0.2) is 0 Å². The summed E-state index contributed by atoms with van der Waals surface area (Å²) in [7, 11) is 0. The average Bonchev–Trinajstić information content (AvgIpc) is 2.86. The summed E-state index contributed by atoms with van der Waals surface area (Å²) in [4.78, 5) is 13.7. The summed E-state index contributed by atoms with van der Waals surface area (Å²) in [5.74, 6) is 0.0289. The number of amides is 1. The molecule has 1 amide bonds. The number of aryl methyl sites for hydroxylation is 1. The average molecular weight is 288 g/mol. The summed E-state index contributed by atoms with van der Waals surface area (Å²) in [5, 5.41) is 13.6. The van der Waals surface area contributed by atoms with E-state index in [2.05, 4.69) is 16.8 Å². The van der Waals surface area contributed by atoms with Gasteiger partial charge in [0.05, 0.1) is 0 Å². The molecule has 4 heteroatoms. The molecule has 2 rings (SSSR count). The molecule has 1 heterocycles. The number of rotatable bonds is 6. The fourth-order valence-electron chi connectivity index (χ4n) is 2.91. The standard InChI is InChI=1S/C17H24N2O2/c1-3-10-18-16(20)8-11-19-12-9-17(21,13-19)15-7-5-4-6-14(15)2/h3-7,21H,1,8-13H2,2H3,(H,18,20)/t17-/m0/s1. The molecular formula is C17H24N2O2. The Morgan fingerprint density at radius 2 is 2.29 bits per heavy atom. The molecule has 0 saturated carbocycles. The molecule has 1 aromatic rings. The van der Waals surface area contributed by atoms with E-state index in [1.807, 2.05) is 31.2 Å². The minimum atomic E-state index is -0.789. The SMILES string of the molecule is C=CCNC(=O)CCN1CC[C@@](O)(c2ccccc2C)C1. The maximum absolute atomic E-state index is 11.6. The lowest BCUT2D eigenvalue weighted by molar-refractivity contribution is -0.121. The van der Waals surface area contributed by atoms with Gasteiger partial charge in [0.1, 0.15) is 5.60 Å². The second-order valence-electron chi connectivity index (χ2n) is 5.72. The van der Waals surface area contributed by atoms with E-state index in [1.54, 1.807) is 6.08 Å². The van der Waals surface area contributed by atoms with Gasteiger partial charge in [0.2, 0.25) is 5.91 Å². The Morgan fingerprint density at radius 3 is 3.00 bits per heavy atom. The first-order chi connectivity index (χ1) is 10.0. The van der Waals surface area contributed by atoms with E-state index in [0.717, 1.165) is 17.7 Å². The van der Waals surface area contributed by atoms with Gasteiger partial charge in [-0.2, -0.15) is 0 Å². The summed E-state index contributed by atoms with van der Waals surface area (Å²) in [6, 6.07) is 7.97. The van der Waals surface area contributed by atoms with Crippen LogP contribution in [0.4, 0.5) is 0 Å². The highest BCUT2D eigenvalue weighted by Crippen LogP contribution is 2.33. The molecule has 0 unspecified atom stereocenters. The molecule has 1 aliphatic heterocycles. The molecule has 0 aliphatic carbocycles. The van der Waals surface area contributed by atoms with Gasteiger partial charge < -0.3 is 10.4 Å². The maximum atomic E-state index is 11.6. The number of aliphatic hydroxyl groups is 1. The Labute approximate surface area is 126 Å². The van der Waals surface area contributed by atoms with Crippen LogP contribution < -0.4 is 5.32 Å². The summed E-state index contributed by atoms with van der Waals surface area (Å²) in [6.07, 6.45) is 2.84. The lowest BCUT2D eigenvalue weighted by Gasteiger charge is -2.25. The lowest BCUT2D eigenvalue weighted by Crippen LogP contribution is -2.34. The molecule has 1 saturated heterocycles. The molecular weight excluding hydrogens is 264 g/mol. The van der Waals surface area contributed by atoms with Crippen molar-refractivity contribution >= 4 is 5.91 Å². The Kier molecular flexibility index (Phi) is 5.15. The smallest absolute Gasteiger partial charge is 0.221 e. The number of carbonyl (C=O) groups excluding carboxylic acids is 1. The molecule has 2 N–H and O–H groups in total. The van der Waals surface area contributed by atoms with Crippen molar-refractivity contribution in [2.24, 2.45) is 0 Å². The fourth-order valence-corrected chi connectivity index (χ4v) is 2.91. The van der Waals surface area contributed by atoms with E-state index >= 15 is 0 Å². The van der Waals surface area contributed by atoms with Crippen LogP contribution in [0.25, 0.3) is 0 Å². The first-order valence-electron chi connectivity index (χ1n) is 7.43. The summed E-state index contributed by atoms with van der Waals surface area (Å²) < 4.78 is 0. The minimum absolute atomic E-state index is 0.0289. The van der Waals surface area contributed by atoms with Gasteiger partial charge in [-0.15, -0.1) is 6.58 Å². The van der Waals surface area contributed by atoms with E-state index in [4.69, 9.17) is 0 Å². The third kappa shape index (κ3) is 3.93. The molecule has 1 atom stereocenters. The second kappa shape index (κ2) is 6.87. The van der Waals surface area contributed by atoms with Crippen molar-refractivity contribution < 1.29 is 9.90 Å². The Hall–Kier alpha value is -1.65. The van der Waals surface area contributed by atoms with Crippen molar-refractivity contribution in [3.8, 4) is 0 Å². The number of nitrogens with zero attached hydrogens (tertiary/aromatic N) is 1. The zero-order chi connectivity index (χ0) is 15.3. The Morgan fingerprint density at radius 1 is 1.52 bits per heavy atom. The molecule has 0 radical (unpaired) electrons. The highest BCUT2D eigenvalue weighted by atomic mass is 16.3. The molecule has 1 aliphatic rings. The van der Waals surface area contributed by atoms with Gasteiger partial charge in [0.25, 0.3) is 0 Å². The first kappa shape index (κ1) is 15.7. The summed E-state index contributed by atoms with van der Waals surface area (Å²) in [6.45, 7) is 8.19. The van der Waals surface area contributed by atoms with Gasteiger partial charge in [-0.05, 0) is 24.5 Å². The van der Waals surface area contributed by atoms with Crippen molar-refractivity contribution in [1.82, 2.24) is 10.2 Å². The van der Waals surface area contributed by atoms with Crippen molar-refractivity contribution in [3.05, 3.63) is 48.0 Å². The minimum Gasteiger partial charge on any atom is -0.384 e. The van der Waals surface area contributed by atoms with Gasteiger partial charge >= 0.3 is 0 Å². The summed E-state index contributed by atoms with van der Waals surface area (Å²) in [5.41, 5.74) is 1.33. The lowest BCUT2D eigenvalue weighted by atomic mass is 9.89. The summed E-state index contributed by atoms with van der Waals surface area (Å²) >= 11 is 0. The zero-order valence-corrected chi connectivity index (χ0v) is 12.6. The number of hydrogen-bond donors (Lipinski definition) is 2. The van der Waals surface area contributed by atoms with Crippen LogP contribution in [0.2, 0.25) is 0 Å². The Balaban J connectivity index is 1.90. The van der Waals surface area contributed by atoms with Crippen LogP contribution in [0.3, 0.4) is 0 Å². The third-order valence-electron chi connectivity index (χ3n) is 4.07. The van der Waals surface area contributed by atoms with Crippen LogP contribution in [0.5, 0.6) is 0 Å². The second-order valence-corrected chi connectivity index (χ2v) is 5.72. The topological polar surface area (TPSA) is 52.6 Å². The predicted octanol–water partition coefficient (Wildman–Crippen LogP) is 1.58. The van der Waals surface area contributed by atoms with Crippen molar-refractivity contribution in [2.75, 3.05) is 26.2 Å². The van der Waals surface area contributed by atoms with Crippen LogP contribution in [0.1, 0.15) is 24.0 Å². The van der Waals surface area contributed by atoms with Crippen LogP contribution in [-0.2, 0) is 10.4 Å². The van der Waals surface area contributed by atoms with Crippen molar-refractivity contribution in [3.63, 3.8) is 0 Å². The monoisotopic (exact) mass is 288 g/mol. The van der Waals surface area contributed by atoms with E-state index in [-0.39, 0.29) is 5.91 Å². The third-order valence-corrected chi connectivity index (χ3v) is 4.07. The molecule has 1 aromatic carbocycles. The molecule has 114 valence electrons. The predicted molar refractivity (Wildman–Crippen MR) is 84.0 cm³/mol. The number of hydrogen-bond acceptors (Lipinski definition) is 3. The molecule has 0 aromatic heterocycles. The Bertz CT molecular complexity index is 515. The number of β-amino-alcohol motifs (C(OH)–C–C–N with tert-alkyl or cyclic N) is 1. The molecule has 4 nitrogen and oxygen atoms in total. The van der Waals surface area contributed by atoms with Gasteiger partial charge in [0, 0.05) is 32.6 Å². The van der Waals surface area contributed by atoms with Crippen LogP contribution in [0, 0.1) is 6.92 Å². The van der Waals surface area contributed by atoms with Gasteiger partial charge in [0.15, 0.2) is 0 Å². The maximum Gasteiger partial charge on any atom is 0.221 e. The number of nitrogens with one attached hydrogen (secondary N) is 1. The first-order valence-corrected chi connectivity index (χ1v) is 7.43.